The predicted molar refractivity (Wildman–Crippen MR) is 78.0 cm³/mol. The molecule has 1 atom stereocenters. The van der Waals surface area contributed by atoms with Crippen molar-refractivity contribution in [2.45, 2.75) is 19.4 Å². The lowest BCUT2D eigenvalue weighted by molar-refractivity contribution is 0.455. The van der Waals surface area contributed by atoms with Gasteiger partial charge in [0.15, 0.2) is 0 Å². The molecule has 0 aliphatic rings. The average molecular weight is 329 g/mol. The Morgan fingerprint density at radius 3 is 2.83 bits per heavy atom. The highest BCUT2D eigenvalue weighted by Crippen LogP contribution is 2.27. The molecule has 0 saturated carbocycles. The third-order valence-corrected chi connectivity index (χ3v) is 4.00. The van der Waals surface area contributed by atoms with Gasteiger partial charge in [0.1, 0.15) is 5.76 Å². The van der Waals surface area contributed by atoms with Gasteiger partial charge in [0, 0.05) is 16.9 Å². The third-order valence-electron chi connectivity index (χ3n) is 2.78. The van der Waals surface area contributed by atoms with Crippen molar-refractivity contribution in [2.24, 2.45) is 0 Å². The topological polar surface area (TPSA) is 25.2 Å². The van der Waals surface area contributed by atoms with Gasteiger partial charge in [-0.25, -0.2) is 0 Å². The van der Waals surface area contributed by atoms with E-state index in [1.54, 1.807) is 6.26 Å². The van der Waals surface area contributed by atoms with Gasteiger partial charge in [0.05, 0.1) is 11.3 Å². The van der Waals surface area contributed by atoms with Crippen LogP contribution in [0.4, 0.5) is 0 Å². The Morgan fingerprint density at radius 1 is 1.39 bits per heavy atom. The third kappa shape index (κ3) is 3.37. The second kappa shape index (κ2) is 6.41. The molecular weight excluding hydrogens is 314 g/mol. The molecule has 0 fully saturated rings. The van der Waals surface area contributed by atoms with Gasteiger partial charge < -0.3 is 9.73 Å². The molecule has 1 aromatic heterocycles. The molecule has 0 aliphatic carbocycles. The standard InChI is InChI=1S/C14H15BrClNO/c1-2-17-14(9-11-4-3-7-18-11)10-5-6-13(16)12(15)8-10/h3-8,14,17H,2,9H2,1H3. The molecule has 2 nitrogen and oxygen atoms in total. The number of benzene rings is 1. The summed E-state index contributed by atoms with van der Waals surface area (Å²) in [5.74, 6) is 0.979. The van der Waals surface area contributed by atoms with Gasteiger partial charge in [-0.2, -0.15) is 0 Å². The van der Waals surface area contributed by atoms with Gasteiger partial charge in [-0.15, -0.1) is 0 Å². The summed E-state index contributed by atoms with van der Waals surface area (Å²) in [6.45, 7) is 3.01. The zero-order valence-electron chi connectivity index (χ0n) is 10.1. The zero-order chi connectivity index (χ0) is 13.0. The minimum atomic E-state index is 0.231. The van der Waals surface area contributed by atoms with Crippen LogP contribution in [0.1, 0.15) is 24.3 Å². The molecule has 96 valence electrons. The highest BCUT2D eigenvalue weighted by atomic mass is 79.9. The first-order valence-electron chi connectivity index (χ1n) is 5.91. The first-order valence-corrected chi connectivity index (χ1v) is 7.08. The van der Waals surface area contributed by atoms with E-state index in [1.165, 1.54) is 5.56 Å². The molecule has 18 heavy (non-hydrogen) atoms. The zero-order valence-corrected chi connectivity index (χ0v) is 12.5. The lowest BCUT2D eigenvalue weighted by Gasteiger charge is -2.17. The van der Waals surface area contributed by atoms with Crippen molar-refractivity contribution < 1.29 is 4.42 Å². The van der Waals surface area contributed by atoms with Crippen LogP contribution in [0.5, 0.6) is 0 Å². The highest BCUT2D eigenvalue weighted by Gasteiger charge is 2.13. The number of furan rings is 1. The van der Waals surface area contributed by atoms with E-state index in [-0.39, 0.29) is 6.04 Å². The summed E-state index contributed by atoms with van der Waals surface area (Å²) in [4.78, 5) is 0. The van der Waals surface area contributed by atoms with Crippen molar-refractivity contribution >= 4 is 27.5 Å². The Kier molecular flexibility index (Phi) is 4.87. The number of likely N-dealkylation sites (N-methyl/N-ethyl adjacent to an activating group) is 1. The van der Waals surface area contributed by atoms with Crippen molar-refractivity contribution in [3.8, 4) is 0 Å². The van der Waals surface area contributed by atoms with Crippen molar-refractivity contribution in [1.82, 2.24) is 5.32 Å². The van der Waals surface area contributed by atoms with E-state index in [0.717, 1.165) is 28.2 Å². The van der Waals surface area contributed by atoms with E-state index in [9.17, 15) is 0 Å². The summed E-state index contributed by atoms with van der Waals surface area (Å²) in [7, 11) is 0. The van der Waals surface area contributed by atoms with Crippen molar-refractivity contribution in [1.29, 1.82) is 0 Å². The SMILES string of the molecule is CCNC(Cc1ccco1)c1ccc(Cl)c(Br)c1. The van der Waals surface area contributed by atoms with Crippen molar-refractivity contribution in [3.63, 3.8) is 0 Å². The molecular formula is C14H15BrClNO. The first kappa shape index (κ1) is 13.7. The average Bonchev–Trinajstić information content (AvgIpc) is 2.85. The van der Waals surface area contributed by atoms with Crippen molar-refractivity contribution in [2.75, 3.05) is 6.54 Å². The van der Waals surface area contributed by atoms with Crippen LogP contribution in [0.2, 0.25) is 5.02 Å². The van der Waals surface area contributed by atoms with Crippen LogP contribution in [0.3, 0.4) is 0 Å². The molecule has 1 unspecified atom stereocenters. The predicted octanol–water partition coefficient (Wildman–Crippen LogP) is 4.59. The highest BCUT2D eigenvalue weighted by molar-refractivity contribution is 9.10. The van der Waals surface area contributed by atoms with E-state index in [2.05, 4.69) is 34.2 Å². The molecule has 2 rings (SSSR count). The van der Waals surface area contributed by atoms with Crippen LogP contribution < -0.4 is 5.32 Å². The quantitative estimate of drug-likeness (QED) is 0.868. The van der Waals surface area contributed by atoms with Gasteiger partial charge in [0.25, 0.3) is 0 Å². The molecule has 2 aromatic rings. The van der Waals surface area contributed by atoms with Crippen LogP contribution in [0.15, 0.2) is 45.5 Å². The number of halogens is 2. The van der Waals surface area contributed by atoms with E-state index in [1.807, 2.05) is 24.3 Å². The summed E-state index contributed by atoms with van der Waals surface area (Å²) in [6, 6.07) is 10.1. The molecule has 4 heteroatoms. The summed E-state index contributed by atoms with van der Waals surface area (Å²) in [6.07, 6.45) is 2.53. The Labute approximate surface area is 120 Å². The molecule has 0 saturated heterocycles. The lowest BCUT2D eigenvalue weighted by atomic mass is 10.0. The number of rotatable bonds is 5. The van der Waals surface area contributed by atoms with Crippen molar-refractivity contribution in [3.05, 3.63) is 57.4 Å². The van der Waals surface area contributed by atoms with Gasteiger partial charge in [-0.3, -0.25) is 0 Å². The minimum Gasteiger partial charge on any atom is -0.469 e. The summed E-state index contributed by atoms with van der Waals surface area (Å²) in [5, 5.41) is 4.19. The van der Waals surface area contributed by atoms with Gasteiger partial charge in [0.2, 0.25) is 0 Å². The molecule has 0 radical (unpaired) electrons. The van der Waals surface area contributed by atoms with E-state index in [4.69, 9.17) is 16.0 Å². The molecule has 1 N–H and O–H groups in total. The van der Waals surface area contributed by atoms with E-state index in [0.29, 0.717) is 0 Å². The van der Waals surface area contributed by atoms with Crippen LogP contribution >= 0.6 is 27.5 Å². The lowest BCUT2D eigenvalue weighted by Crippen LogP contribution is -2.22. The largest absolute Gasteiger partial charge is 0.469 e. The smallest absolute Gasteiger partial charge is 0.105 e. The maximum atomic E-state index is 6.02. The van der Waals surface area contributed by atoms with Crippen LogP contribution in [-0.4, -0.2) is 6.54 Å². The Hall–Kier alpha value is -0.770. The first-order chi connectivity index (χ1) is 8.70. The number of hydrogen-bond acceptors (Lipinski definition) is 2. The number of nitrogens with one attached hydrogen (secondary N) is 1. The monoisotopic (exact) mass is 327 g/mol. The molecule has 0 bridgehead atoms. The fraction of sp³-hybridized carbons (Fsp3) is 0.286. The second-order valence-electron chi connectivity index (χ2n) is 4.07. The van der Waals surface area contributed by atoms with Crippen LogP contribution in [0, 0.1) is 0 Å². The fourth-order valence-corrected chi connectivity index (χ4v) is 2.43. The van der Waals surface area contributed by atoms with Gasteiger partial charge in [-0.05, 0) is 52.3 Å². The summed E-state index contributed by atoms with van der Waals surface area (Å²) in [5.41, 5.74) is 1.20. The normalized spacial score (nSPS) is 12.6. The van der Waals surface area contributed by atoms with E-state index < -0.39 is 0 Å². The summed E-state index contributed by atoms with van der Waals surface area (Å²) < 4.78 is 6.33. The Balaban J connectivity index is 2.20. The Bertz CT molecular complexity index is 499. The number of hydrogen-bond donors (Lipinski definition) is 1. The molecule has 0 amide bonds. The molecule has 0 spiro atoms. The van der Waals surface area contributed by atoms with Crippen LogP contribution in [0.25, 0.3) is 0 Å². The fourth-order valence-electron chi connectivity index (χ4n) is 1.91. The molecule has 1 heterocycles. The minimum absolute atomic E-state index is 0.231. The van der Waals surface area contributed by atoms with Gasteiger partial charge in [-0.1, -0.05) is 24.6 Å². The summed E-state index contributed by atoms with van der Waals surface area (Å²) >= 11 is 9.48. The maximum Gasteiger partial charge on any atom is 0.105 e. The second-order valence-corrected chi connectivity index (χ2v) is 5.33. The van der Waals surface area contributed by atoms with Crippen LogP contribution in [-0.2, 0) is 6.42 Å². The maximum absolute atomic E-state index is 6.02. The molecule has 0 aliphatic heterocycles. The van der Waals surface area contributed by atoms with Gasteiger partial charge >= 0.3 is 0 Å². The van der Waals surface area contributed by atoms with E-state index >= 15 is 0 Å². The Morgan fingerprint density at radius 2 is 2.22 bits per heavy atom. The molecule has 1 aromatic carbocycles.